The molecule has 1 unspecified atom stereocenters. The van der Waals surface area contributed by atoms with Crippen molar-refractivity contribution in [1.82, 2.24) is 0 Å². The number of benzene rings is 1. The third-order valence-corrected chi connectivity index (χ3v) is 4.89. The van der Waals surface area contributed by atoms with E-state index in [1.807, 2.05) is 6.92 Å². The van der Waals surface area contributed by atoms with E-state index in [9.17, 15) is 0 Å². The summed E-state index contributed by atoms with van der Waals surface area (Å²) in [5.41, 5.74) is 9.14. The molecule has 0 amide bonds. The lowest BCUT2D eigenvalue weighted by atomic mass is 9.68. The van der Waals surface area contributed by atoms with Gasteiger partial charge < -0.3 is 5.73 Å². The molecule has 106 valence electrons. The van der Waals surface area contributed by atoms with Gasteiger partial charge in [0.1, 0.15) is 0 Å². The molecule has 1 atom stereocenters. The molecule has 0 radical (unpaired) electrons. The summed E-state index contributed by atoms with van der Waals surface area (Å²) in [5, 5.41) is 0. The van der Waals surface area contributed by atoms with Gasteiger partial charge in [-0.05, 0) is 61.0 Å². The van der Waals surface area contributed by atoms with Gasteiger partial charge >= 0.3 is 0 Å². The molecule has 2 N–H and O–H groups in total. The van der Waals surface area contributed by atoms with Crippen molar-refractivity contribution in [3.05, 3.63) is 35.4 Å². The Morgan fingerprint density at radius 2 is 1.53 bits per heavy atom. The van der Waals surface area contributed by atoms with Crippen LogP contribution >= 0.6 is 0 Å². The first-order valence-corrected chi connectivity index (χ1v) is 7.73. The molecular weight excluding hydrogens is 230 g/mol. The third-order valence-electron chi connectivity index (χ3n) is 4.89. The van der Waals surface area contributed by atoms with Crippen LogP contribution in [0.25, 0.3) is 0 Å². The molecule has 1 aromatic carbocycles. The van der Waals surface area contributed by atoms with Crippen molar-refractivity contribution in [3.8, 4) is 0 Å². The molecule has 2 rings (SSSR count). The zero-order valence-electron chi connectivity index (χ0n) is 12.9. The molecule has 1 saturated carbocycles. The lowest BCUT2D eigenvalue weighted by Crippen LogP contribution is -2.25. The van der Waals surface area contributed by atoms with E-state index >= 15 is 0 Å². The molecule has 0 aliphatic heterocycles. The van der Waals surface area contributed by atoms with Crippen molar-refractivity contribution >= 4 is 0 Å². The van der Waals surface area contributed by atoms with E-state index in [1.54, 1.807) is 0 Å². The molecular formula is C18H29N. The average Bonchev–Trinajstić information content (AvgIpc) is 2.38. The van der Waals surface area contributed by atoms with Gasteiger partial charge in [-0.1, -0.05) is 45.0 Å². The van der Waals surface area contributed by atoms with Crippen LogP contribution in [-0.4, -0.2) is 0 Å². The van der Waals surface area contributed by atoms with Crippen LogP contribution in [0, 0.1) is 11.3 Å². The maximum Gasteiger partial charge on any atom is 0.0266 e. The molecule has 19 heavy (non-hydrogen) atoms. The fraction of sp³-hybridized carbons (Fsp3) is 0.667. The van der Waals surface area contributed by atoms with Crippen molar-refractivity contribution in [2.24, 2.45) is 17.1 Å². The van der Waals surface area contributed by atoms with E-state index in [0.717, 1.165) is 11.8 Å². The lowest BCUT2D eigenvalue weighted by Gasteiger charge is -2.37. The predicted octanol–water partition coefficient (Wildman–Crippen LogP) is 5.03. The molecule has 1 heteroatoms. The van der Waals surface area contributed by atoms with Crippen LogP contribution in [0.1, 0.15) is 76.5 Å². The van der Waals surface area contributed by atoms with Gasteiger partial charge in [-0.2, -0.15) is 0 Å². The number of hydrogen-bond donors (Lipinski definition) is 1. The number of rotatable bonds is 2. The highest BCUT2D eigenvalue weighted by atomic mass is 14.6. The van der Waals surface area contributed by atoms with Gasteiger partial charge in [0.15, 0.2) is 0 Å². The summed E-state index contributed by atoms with van der Waals surface area (Å²) in [6.07, 6.45) is 5.45. The molecule has 1 fully saturated rings. The molecule has 1 aliphatic rings. The van der Waals surface area contributed by atoms with Crippen molar-refractivity contribution in [2.45, 2.75) is 65.3 Å². The molecule has 0 spiro atoms. The zero-order valence-corrected chi connectivity index (χ0v) is 12.9. The molecule has 0 aromatic heterocycles. The quantitative estimate of drug-likeness (QED) is 0.792. The predicted molar refractivity (Wildman–Crippen MR) is 83.2 cm³/mol. The Balaban J connectivity index is 1.98. The van der Waals surface area contributed by atoms with Crippen LogP contribution in [0.2, 0.25) is 0 Å². The molecule has 1 aliphatic carbocycles. The van der Waals surface area contributed by atoms with Crippen LogP contribution < -0.4 is 5.73 Å². The Labute approximate surface area is 118 Å². The Hall–Kier alpha value is -0.820. The summed E-state index contributed by atoms with van der Waals surface area (Å²) in [6, 6.07) is 9.14. The highest BCUT2D eigenvalue weighted by Crippen LogP contribution is 2.43. The summed E-state index contributed by atoms with van der Waals surface area (Å²) < 4.78 is 0. The van der Waals surface area contributed by atoms with Crippen LogP contribution in [0.3, 0.4) is 0 Å². The van der Waals surface area contributed by atoms with Crippen LogP contribution in [0.15, 0.2) is 24.3 Å². The topological polar surface area (TPSA) is 26.0 Å². The minimum atomic E-state index is 0.144. The van der Waals surface area contributed by atoms with Crippen molar-refractivity contribution in [2.75, 3.05) is 0 Å². The van der Waals surface area contributed by atoms with Gasteiger partial charge in [-0.25, -0.2) is 0 Å². The lowest BCUT2D eigenvalue weighted by molar-refractivity contribution is 0.169. The second-order valence-electron chi connectivity index (χ2n) is 7.37. The Morgan fingerprint density at radius 3 is 1.95 bits per heavy atom. The van der Waals surface area contributed by atoms with E-state index in [2.05, 4.69) is 45.0 Å². The number of nitrogens with two attached hydrogens (primary N) is 1. The molecule has 0 heterocycles. The minimum Gasteiger partial charge on any atom is -0.324 e. The highest BCUT2D eigenvalue weighted by Gasteiger charge is 2.30. The first-order chi connectivity index (χ1) is 8.88. The standard InChI is InChI=1S/C18H29N/c1-13(19)14-5-7-15(8-6-14)16-9-11-17(12-10-16)18(2,3)4/h5-8,13,16-17H,9-12,19H2,1-4H3. The molecule has 1 aromatic rings. The van der Waals surface area contributed by atoms with Crippen molar-refractivity contribution in [3.63, 3.8) is 0 Å². The second-order valence-corrected chi connectivity index (χ2v) is 7.37. The SMILES string of the molecule is CC(N)c1ccc(C2CCC(C(C)(C)C)CC2)cc1. The summed E-state index contributed by atoms with van der Waals surface area (Å²) in [5.74, 6) is 1.66. The Morgan fingerprint density at radius 1 is 1.00 bits per heavy atom. The third kappa shape index (κ3) is 3.60. The molecule has 0 saturated heterocycles. The maximum atomic E-state index is 5.91. The van der Waals surface area contributed by atoms with Crippen molar-refractivity contribution < 1.29 is 0 Å². The molecule has 1 nitrogen and oxygen atoms in total. The van der Waals surface area contributed by atoms with Gasteiger partial charge in [0.25, 0.3) is 0 Å². The van der Waals surface area contributed by atoms with Gasteiger partial charge in [-0.3, -0.25) is 0 Å². The first-order valence-electron chi connectivity index (χ1n) is 7.73. The van der Waals surface area contributed by atoms with E-state index in [-0.39, 0.29) is 6.04 Å². The Bertz CT molecular complexity index is 389. The summed E-state index contributed by atoms with van der Waals surface area (Å²) in [7, 11) is 0. The smallest absolute Gasteiger partial charge is 0.0266 e. The highest BCUT2D eigenvalue weighted by molar-refractivity contribution is 5.27. The van der Waals surface area contributed by atoms with Gasteiger partial charge in [0.2, 0.25) is 0 Å². The fourth-order valence-corrected chi connectivity index (χ4v) is 3.36. The summed E-state index contributed by atoms with van der Waals surface area (Å²) in [6.45, 7) is 9.20. The van der Waals surface area contributed by atoms with Crippen LogP contribution in [0.4, 0.5) is 0 Å². The average molecular weight is 259 g/mol. The number of hydrogen-bond acceptors (Lipinski definition) is 1. The van der Waals surface area contributed by atoms with E-state index in [4.69, 9.17) is 5.73 Å². The molecule has 0 bridgehead atoms. The fourth-order valence-electron chi connectivity index (χ4n) is 3.36. The van der Waals surface area contributed by atoms with Gasteiger partial charge in [0.05, 0.1) is 0 Å². The Kier molecular flexibility index (Phi) is 4.35. The van der Waals surface area contributed by atoms with Gasteiger partial charge in [0, 0.05) is 6.04 Å². The minimum absolute atomic E-state index is 0.144. The van der Waals surface area contributed by atoms with Crippen LogP contribution in [0.5, 0.6) is 0 Å². The largest absolute Gasteiger partial charge is 0.324 e. The summed E-state index contributed by atoms with van der Waals surface area (Å²) >= 11 is 0. The van der Waals surface area contributed by atoms with Crippen molar-refractivity contribution in [1.29, 1.82) is 0 Å². The maximum absolute atomic E-state index is 5.91. The van der Waals surface area contributed by atoms with E-state index in [0.29, 0.717) is 5.41 Å². The monoisotopic (exact) mass is 259 g/mol. The van der Waals surface area contributed by atoms with E-state index < -0.39 is 0 Å². The summed E-state index contributed by atoms with van der Waals surface area (Å²) in [4.78, 5) is 0. The van der Waals surface area contributed by atoms with Crippen LogP contribution in [-0.2, 0) is 0 Å². The second kappa shape index (κ2) is 5.66. The first kappa shape index (κ1) is 14.6. The van der Waals surface area contributed by atoms with E-state index in [1.165, 1.54) is 36.8 Å². The normalized spacial score (nSPS) is 26.2. The zero-order chi connectivity index (χ0) is 14.0. The van der Waals surface area contributed by atoms with Gasteiger partial charge in [-0.15, -0.1) is 0 Å².